The van der Waals surface area contributed by atoms with Crippen LogP contribution in [0.5, 0.6) is 5.75 Å². The maximum Gasteiger partial charge on any atom is 0.129 e. The summed E-state index contributed by atoms with van der Waals surface area (Å²) in [4.78, 5) is 6.06. The van der Waals surface area contributed by atoms with Crippen LogP contribution in [0.3, 0.4) is 0 Å². The van der Waals surface area contributed by atoms with Gasteiger partial charge in [-0.1, -0.05) is 47.5 Å². The van der Waals surface area contributed by atoms with Crippen LogP contribution in [0.15, 0.2) is 50.8 Å². The highest BCUT2D eigenvalue weighted by Crippen LogP contribution is 2.34. The molecule has 1 aliphatic heterocycles. The smallest absolute Gasteiger partial charge is 0.129 e. The van der Waals surface area contributed by atoms with Crippen LogP contribution in [0.4, 0.5) is 0 Å². The predicted octanol–water partition coefficient (Wildman–Crippen LogP) is 5.44. The summed E-state index contributed by atoms with van der Waals surface area (Å²) in [5.41, 5.74) is 3.83. The average molecular weight is 433 g/mol. The van der Waals surface area contributed by atoms with Gasteiger partial charge in [0.1, 0.15) is 11.6 Å². The van der Waals surface area contributed by atoms with Gasteiger partial charge in [0, 0.05) is 39.3 Å². The van der Waals surface area contributed by atoms with E-state index in [1.807, 2.05) is 23.9 Å². The number of ether oxygens (including phenoxy) is 1. The fourth-order valence-electron chi connectivity index (χ4n) is 3.13. The van der Waals surface area contributed by atoms with Gasteiger partial charge in [0.15, 0.2) is 0 Å². The Balaban J connectivity index is 1.92. The number of thioether (sulfide) groups is 1. The van der Waals surface area contributed by atoms with Crippen molar-refractivity contribution in [2.75, 3.05) is 20.2 Å². The van der Waals surface area contributed by atoms with Gasteiger partial charge in [-0.2, -0.15) is 0 Å². The Morgan fingerprint density at radius 2 is 2.12 bits per heavy atom. The van der Waals surface area contributed by atoms with Crippen LogP contribution in [0.2, 0.25) is 0 Å². The molecule has 0 fully saturated rings. The number of nitrogens with one attached hydrogen (secondary N) is 1. The van der Waals surface area contributed by atoms with Gasteiger partial charge in [0.25, 0.3) is 0 Å². The molecule has 1 aliphatic rings. The first-order valence-electron chi connectivity index (χ1n) is 9.08. The van der Waals surface area contributed by atoms with Crippen molar-refractivity contribution in [3.8, 4) is 5.75 Å². The molecule has 26 heavy (non-hydrogen) atoms. The Hall–Kier alpha value is -1.46. The lowest BCUT2D eigenvalue weighted by Crippen LogP contribution is -2.30. The van der Waals surface area contributed by atoms with E-state index in [2.05, 4.69) is 52.4 Å². The second-order valence-electron chi connectivity index (χ2n) is 6.30. The highest BCUT2D eigenvalue weighted by Gasteiger charge is 2.16. The number of benzene rings is 2. The first kappa shape index (κ1) is 19.3. The molecule has 138 valence electrons. The molecule has 3 nitrogen and oxygen atoms in total. The molecule has 0 saturated heterocycles. The summed E-state index contributed by atoms with van der Waals surface area (Å²) in [5.74, 6) is 2.84. The third-order valence-corrected chi connectivity index (χ3v) is 6.10. The summed E-state index contributed by atoms with van der Waals surface area (Å²) in [6.07, 6.45) is 3.33. The van der Waals surface area contributed by atoms with E-state index in [0.717, 1.165) is 54.2 Å². The molecule has 0 spiro atoms. The van der Waals surface area contributed by atoms with Crippen LogP contribution < -0.4 is 10.1 Å². The standard InChI is InChI=1S/C21H25BrN2OS/c1-3-6-15-7-4-8-18(21-23-11-5-12-24-21)20(15)26-14-16-13-17(22)9-10-19(16)25-2/h4,7-10,13H,3,5-6,11-12,14H2,1-2H3,(H,23,24). The van der Waals surface area contributed by atoms with Crippen molar-refractivity contribution < 1.29 is 4.74 Å². The van der Waals surface area contributed by atoms with Crippen LogP contribution >= 0.6 is 27.7 Å². The lowest BCUT2D eigenvalue weighted by molar-refractivity contribution is 0.411. The van der Waals surface area contributed by atoms with E-state index in [-0.39, 0.29) is 0 Å². The summed E-state index contributed by atoms with van der Waals surface area (Å²) in [7, 11) is 1.73. The fourth-order valence-corrected chi connectivity index (χ4v) is 4.74. The van der Waals surface area contributed by atoms with Crippen LogP contribution in [0.25, 0.3) is 0 Å². The van der Waals surface area contributed by atoms with Crippen LogP contribution in [-0.4, -0.2) is 26.0 Å². The minimum atomic E-state index is 0.865. The van der Waals surface area contributed by atoms with Gasteiger partial charge < -0.3 is 10.1 Å². The number of rotatable bonds is 7. The molecule has 0 amide bonds. The predicted molar refractivity (Wildman–Crippen MR) is 115 cm³/mol. The second kappa shape index (κ2) is 9.47. The van der Waals surface area contributed by atoms with E-state index in [1.54, 1.807) is 7.11 Å². The maximum atomic E-state index is 5.54. The van der Waals surface area contributed by atoms with Crippen molar-refractivity contribution in [2.45, 2.75) is 36.8 Å². The minimum Gasteiger partial charge on any atom is -0.496 e. The van der Waals surface area contributed by atoms with Crippen molar-refractivity contribution >= 4 is 33.5 Å². The molecular weight excluding hydrogens is 408 g/mol. The van der Waals surface area contributed by atoms with Crippen molar-refractivity contribution in [1.82, 2.24) is 5.32 Å². The quantitative estimate of drug-likeness (QED) is 0.591. The molecule has 1 heterocycles. The Morgan fingerprint density at radius 1 is 1.23 bits per heavy atom. The first-order chi connectivity index (χ1) is 12.7. The first-order valence-corrected chi connectivity index (χ1v) is 10.9. The molecule has 2 aromatic rings. The molecule has 0 radical (unpaired) electrons. The highest BCUT2D eigenvalue weighted by atomic mass is 79.9. The van der Waals surface area contributed by atoms with Crippen LogP contribution in [0.1, 0.15) is 36.5 Å². The lowest BCUT2D eigenvalue weighted by atomic mass is 10.1. The molecule has 0 saturated carbocycles. The van der Waals surface area contributed by atoms with Crippen molar-refractivity contribution in [3.05, 3.63) is 57.6 Å². The maximum absolute atomic E-state index is 5.54. The number of amidine groups is 1. The monoisotopic (exact) mass is 432 g/mol. The zero-order chi connectivity index (χ0) is 18.4. The van der Waals surface area contributed by atoms with Gasteiger partial charge in [-0.3, -0.25) is 4.99 Å². The van der Waals surface area contributed by atoms with E-state index in [4.69, 9.17) is 9.73 Å². The van der Waals surface area contributed by atoms with E-state index in [0.29, 0.717) is 0 Å². The summed E-state index contributed by atoms with van der Waals surface area (Å²) in [5, 5.41) is 3.48. The van der Waals surface area contributed by atoms with Gasteiger partial charge in [0.2, 0.25) is 0 Å². The normalized spacial score (nSPS) is 13.9. The Morgan fingerprint density at radius 3 is 2.85 bits per heavy atom. The minimum absolute atomic E-state index is 0.865. The number of methoxy groups -OCH3 is 1. The Labute approximate surface area is 168 Å². The number of nitrogens with zero attached hydrogens (tertiary/aromatic N) is 1. The van der Waals surface area contributed by atoms with Crippen molar-refractivity contribution in [2.24, 2.45) is 4.99 Å². The summed E-state index contributed by atoms with van der Waals surface area (Å²) in [6.45, 7) is 4.14. The zero-order valence-corrected chi connectivity index (χ0v) is 17.8. The van der Waals surface area contributed by atoms with E-state index >= 15 is 0 Å². The average Bonchev–Trinajstić information content (AvgIpc) is 2.68. The number of halogens is 1. The van der Waals surface area contributed by atoms with Gasteiger partial charge in [-0.05, 0) is 36.6 Å². The van der Waals surface area contributed by atoms with E-state index in [1.165, 1.54) is 21.6 Å². The van der Waals surface area contributed by atoms with Crippen molar-refractivity contribution in [1.29, 1.82) is 0 Å². The van der Waals surface area contributed by atoms with Gasteiger partial charge in [-0.15, -0.1) is 11.8 Å². The highest BCUT2D eigenvalue weighted by molar-refractivity contribution is 9.10. The third kappa shape index (κ3) is 4.63. The lowest BCUT2D eigenvalue weighted by Gasteiger charge is -2.20. The summed E-state index contributed by atoms with van der Waals surface area (Å²) in [6, 6.07) is 12.8. The fraction of sp³-hybridized carbons (Fsp3) is 0.381. The molecule has 3 rings (SSSR count). The van der Waals surface area contributed by atoms with Gasteiger partial charge in [0.05, 0.1) is 7.11 Å². The van der Waals surface area contributed by atoms with Gasteiger partial charge >= 0.3 is 0 Å². The molecule has 0 atom stereocenters. The Kier molecular flexibility index (Phi) is 7.03. The largest absolute Gasteiger partial charge is 0.496 e. The SMILES string of the molecule is CCCc1cccc(C2=NCCCN2)c1SCc1cc(Br)ccc1OC. The topological polar surface area (TPSA) is 33.6 Å². The number of hydrogen-bond donors (Lipinski definition) is 1. The second-order valence-corrected chi connectivity index (χ2v) is 8.20. The number of aliphatic imine (C=N–C) groups is 1. The molecule has 0 unspecified atom stereocenters. The molecule has 2 aromatic carbocycles. The Bertz CT molecular complexity index is 792. The van der Waals surface area contributed by atoms with Crippen LogP contribution in [-0.2, 0) is 12.2 Å². The molecule has 5 heteroatoms. The van der Waals surface area contributed by atoms with Crippen LogP contribution in [0, 0.1) is 0 Å². The summed E-state index contributed by atoms with van der Waals surface area (Å²) < 4.78 is 6.62. The van der Waals surface area contributed by atoms with Gasteiger partial charge in [-0.25, -0.2) is 0 Å². The van der Waals surface area contributed by atoms with E-state index in [9.17, 15) is 0 Å². The molecule has 1 N–H and O–H groups in total. The molecule has 0 bridgehead atoms. The summed E-state index contributed by atoms with van der Waals surface area (Å²) >= 11 is 5.45. The molecule has 0 aromatic heterocycles. The van der Waals surface area contributed by atoms with Crippen molar-refractivity contribution in [3.63, 3.8) is 0 Å². The third-order valence-electron chi connectivity index (χ3n) is 4.38. The number of aryl methyl sites for hydroxylation is 1. The molecular formula is C21H25BrN2OS. The molecule has 0 aliphatic carbocycles. The van der Waals surface area contributed by atoms with E-state index < -0.39 is 0 Å². The zero-order valence-electron chi connectivity index (χ0n) is 15.3. The number of hydrogen-bond acceptors (Lipinski definition) is 4.